The predicted molar refractivity (Wildman–Crippen MR) is 152 cm³/mol. The summed E-state index contributed by atoms with van der Waals surface area (Å²) in [5.74, 6) is -2.27. The number of ketones is 1. The lowest BCUT2D eigenvalue weighted by Crippen LogP contribution is -2.70. The Morgan fingerprint density at radius 1 is 1.19 bits per heavy atom. The van der Waals surface area contributed by atoms with Crippen LogP contribution in [0.3, 0.4) is 0 Å². The second-order valence-electron chi connectivity index (χ2n) is 13.0. The highest BCUT2D eigenvalue weighted by Crippen LogP contribution is 2.73. The number of hydroxylamine groups is 2. The maximum absolute atomic E-state index is 17.6. The predicted octanol–water partition coefficient (Wildman–Crippen LogP) is 5.45. The first kappa shape index (κ1) is 28.3. The van der Waals surface area contributed by atoms with Crippen LogP contribution in [-0.2, 0) is 21.0 Å². The number of aliphatic hydroxyl groups excluding tert-OH is 1. The molecule has 0 bridgehead atoms. The number of pyridine rings is 1. The molecule has 4 fully saturated rings. The average Bonchev–Trinajstić information content (AvgIpc) is 3.43. The van der Waals surface area contributed by atoms with E-state index in [0.29, 0.717) is 24.7 Å². The quantitative estimate of drug-likeness (QED) is 0.501. The van der Waals surface area contributed by atoms with Crippen LogP contribution in [0, 0.1) is 28.6 Å². The number of carbonyl (C=O) groups is 2. The second kappa shape index (κ2) is 9.48. The Morgan fingerprint density at radius 3 is 2.76 bits per heavy atom. The average molecular weight is 599 g/mol. The summed E-state index contributed by atoms with van der Waals surface area (Å²) >= 11 is 0.528. The van der Waals surface area contributed by atoms with Gasteiger partial charge in [0, 0.05) is 34.6 Å². The van der Waals surface area contributed by atoms with Crippen molar-refractivity contribution in [1.29, 1.82) is 0 Å². The van der Waals surface area contributed by atoms with Crippen molar-refractivity contribution < 1.29 is 32.7 Å². The molecule has 2 heterocycles. The SMILES string of the molecule is C[C@]12C=CC(=O)C=C1[C@@H](F)C[C@H]1[C@@H]3C[C@H]4CN(Cc5ccc6ccccc6n5)O[C@@]4(C(=O)SCF)[C@@]3(C)C[C@H](O)[C@@]12F. The first-order valence-electron chi connectivity index (χ1n) is 14.5. The molecular weight excluding hydrogens is 565 g/mol. The standard InChI is InChI=1S/C32H33F3N2O4S/c1-29-10-9-21(38)12-24(29)25(34)13-23-22-11-19-15-37(16-20-8-7-18-5-3-4-6-26(18)36-20)41-32(19,28(40)42-17-33)30(22,2)14-27(39)31(23,29)35/h3-10,12,19,22-23,25,27,39H,11,13-17H2,1-2H3/t19-,22-,23-,25-,27-,29-,30-,31-,32-/m0/s1. The van der Waals surface area contributed by atoms with Crippen molar-refractivity contribution in [3.63, 3.8) is 0 Å². The van der Waals surface area contributed by atoms with Crippen LogP contribution in [0.5, 0.6) is 0 Å². The summed E-state index contributed by atoms with van der Waals surface area (Å²) in [7, 11) is 0. The summed E-state index contributed by atoms with van der Waals surface area (Å²) in [5, 5.41) is 13.9. The molecule has 1 saturated heterocycles. The van der Waals surface area contributed by atoms with E-state index in [9.17, 15) is 19.1 Å². The third kappa shape index (κ3) is 3.55. The molecule has 4 aliphatic carbocycles. The van der Waals surface area contributed by atoms with Gasteiger partial charge in [0.1, 0.15) is 12.2 Å². The number of halogens is 3. The van der Waals surface area contributed by atoms with Crippen molar-refractivity contribution in [2.75, 3.05) is 12.6 Å². The number of thioether (sulfide) groups is 1. The number of hydrogen-bond acceptors (Lipinski definition) is 7. The molecule has 1 N–H and O–H groups in total. The molecule has 1 aromatic heterocycles. The van der Waals surface area contributed by atoms with Gasteiger partial charge < -0.3 is 5.11 Å². The summed E-state index contributed by atoms with van der Waals surface area (Å²) in [4.78, 5) is 37.3. The normalized spacial score (nSPS) is 42.6. The Hall–Kier alpha value is -2.53. The molecule has 6 nitrogen and oxygen atoms in total. The van der Waals surface area contributed by atoms with Gasteiger partial charge in [0.25, 0.3) is 0 Å². The van der Waals surface area contributed by atoms with E-state index in [-0.39, 0.29) is 25.0 Å². The second-order valence-corrected chi connectivity index (χ2v) is 13.9. The van der Waals surface area contributed by atoms with Crippen LogP contribution < -0.4 is 0 Å². The zero-order chi connectivity index (χ0) is 29.7. The van der Waals surface area contributed by atoms with E-state index in [1.165, 1.54) is 12.2 Å². The zero-order valence-corrected chi connectivity index (χ0v) is 24.3. The van der Waals surface area contributed by atoms with E-state index in [2.05, 4.69) is 0 Å². The van der Waals surface area contributed by atoms with Crippen LogP contribution in [0.25, 0.3) is 10.9 Å². The highest BCUT2D eigenvalue weighted by Gasteiger charge is 2.79. The third-order valence-corrected chi connectivity index (χ3v) is 11.8. The van der Waals surface area contributed by atoms with E-state index in [1.807, 2.05) is 43.3 Å². The molecule has 7 rings (SSSR count). The first-order valence-corrected chi connectivity index (χ1v) is 15.4. The summed E-state index contributed by atoms with van der Waals surface area (Å²) in [6.45, 7) is 3.98. The van der Waals surface area contributed by atoms with E-state index in [4.69, 9.17) is 9.82 Å². The highest BCUT2D eigenvalue weighted by molar-refractivity contribution is 8.13. The molecule has 5 aliphatic rings. The van der Waals surface area contributed by atoms with E-state index >= 15 is 8.78 Å². The van der Waals surface area contributed by atoms with Crippen LogP contribution in [-0.4, -0.2) is 62.1 Å². The van der Waals surface area contributed by atoms with Crippen LogP contribution >= 0.6 is 11.8 Å². The number of carbonyl (C=O) groups excluding carboxylic acids is 2. The molecule has 2 aromatic rings. The summed E-state index contributed by atoms with van der Waals surface area (Å²) in [6, 6.07) is 10.7. The van der Waals surface area contributed by atoms with E-state index in [1.54, 1.807) is 12.0 Å². The Morgan fingerprint density at radius 2 is 1.98 bits per heavy atom. The van der Waals surface area contributed by atoms with Gasteiger partial charge in [-0.1, -0.05) is 49.0 Å². The van der Waals surface area contributed by atoms with E-state index in [0.717, 1.165) is 22.7 Å². The maximum Gasteiger partial charge on any atom is 0.226 e. The van der Waals surface area contributed by atoms with Crippen molar-refractivity contribution in [1.82, 2.24) is 10.0 Å². The zero-order valence-electron chi connectivity index (χ0n) is 23.4. The van der Waals surface area contributed by atoms with Gasteiger partial charge >= 0.3 is 0 Å². The van der Waals surface area contributed by atoms with E-state index < -0.39 is 69.0 Å². The summed E-state index contributed by atoms with van der Waals surface area (Å²) < 4.78 is 47.0. The van der Waals surface area contributed by atoms with Gasteiger partial charge in [0.2, 0.25) is 5.12 Å². The molecule has 0 radical (unpaired) electrons. The van der Waals surface area contributed by atoms with Crippen molar-refractivity contribution in [3.8, 4) is 0 Å². The number of rotatable bonds is 4. The van der Waals surface area contributed by atoms with Gasteiger partial charge in [-0.15, -0.1) is 0 Å². The molecule has 9 atom stereocenters. The Balaban J connectivity index is 1.26. The van der Waals surface area contributed by atoms with Crippen molar-refractivity contribution in [2.24, 2.45) is 28.6 Å². The number of alkyl halides is 3. The van der Waals surface area contributed by atoms with Crippen molar-refractivity contribution in [2.45, 2.75) is 63.2 Å². The smallest absolute Gasteiger partial charge is 0.226 e. The molecule has 1 aromatic carbocycles. The molecular formula is C32H33F3N2O4S. The Kier molecular flexibility index (Phi) is 6.38. The lowest BCUT2D eigenvalue weighted by Gasteiger charge is -2.63. The van der Waals surface area contributed by atoms with Gasteiger partial charge in [-0.3, -0.25) is 19.4 Å². The van der Waals surface area contributed by atoms with Gasteiger partial charge in [0.05, 0.1) is 23.9 Å². The van der Waals surface area contributed by atoms with Crippen LogP contribution in [0.2, 0.25) is 0 Å². The number of nitrogens with zero attached hydrogens (tertiary/aromatic N) is 2. The van der Waals surface area contributed by atoms with Crippen LogP contribution in [0.1, 0.15) is 38.8 Å². The van der Waals surface area contributed by atoms with Gasteiger partial charge in [0.15, 0.2) is 17.1 Å². The minimum absolute atomic E-state index is 0.0543. The fraction of sp³-hybridized carbons (Fsp3) is 0.531. The van der Waals surface area contributed by atoms with Crippen molar-refractivity contribution >= 4 is 33.6 Å². The summed E-state index contributed by atoms with van der Waals surface area (Å²) in [5.41, 5.74) is -4.76. The molecule has 0 amide bonds. The molecule has 10 heteroatoms. The first-order chi connectivity index (χ1) is 20.0. The van der Waals surface area contributed by atoms with Crippen molar-refractivity contribution in [3.05, 3.63) is 65.9 Å². The fourth-order valence-electron chi connectivity index (χ4n) is 9.29. The van der Waals surface area contributed by atoms with Crippen LogP contribution in [0.4, 0.5) is 13.2 Å². The minimum Gasteiger partial charge on any atom is -0.390 e. The highest BCUT2D eigenvalue weighted by atomic mass is 32.2. The number of aromatic nitrogens is 1. The molecule has 1 aliphatic heterocycles. The minimum atomic E-state index is -2.26. The number of benzene rings is 1. The number of allylic oxidation sites excluding steroid dienone is 4. The van der Waals surface area contributed by atoms with Gasteiger partial charge in [-0.2, -0.15) is 5.06 Å². The van der Waals surface area contributed by atoms with Gasteiger partial charge in [-0.25, -0.2) is 13.2 Å². The largest absolute Gasteiger partial charge is 0.390 e. The Labute approximate surface area is 246 Å². The molecule has 222 valence electrons. The van der Waals surface area contributed by atoms with Crippen LogP contribution in [0.15, 0.2) is 60.2 Å². The number of aliphatic hydroxyl groups is 1. The Bertz CT molecular complexity index is 1550. The molecule has 3 saturated carbocycles. The third-order valence-electron chi connectivity index (χ3n) is 11.2. The molecule has 0 unspecified atom stereocenters. The van der Waals surface area contributed by atoms with Gasteiger partial charge in [-0.05, 0) is 62.0 Å². The number of fused-ring (bicyclic) bond motifs is 8. The number of para-hydroxylation sites is 1. The molecule has 42 heavy (non-hydrogen) atoms. The lowest BCUT2D eigenvalue weighted by molar-refractivity contribution is -0.266. The number of hydrogen-bond donors (Lipinski definition) is 1. The molecule has 0 spiro atoms. The maximum atomic E-state index is 17.6. The fourth-order valence-corrected chi connectivity index (χ4v) is 10.0. The monoisotopic (exact) mass is 598 g/mol. The summed E-state index contributed by atoms with van der Waals surface area (Å²) in [6.07, 6.45) is 0.699. The topological polar surface area (TPSA) is 79.7 Å². The lowest BCUT2D eigenvalue weighted by atomic mass is 9.44.